The number of ether oxygens (including phenoxy) is 1. The third-order valence-electron chi connectivity index (χ3n) is 10.1. The minimum atomic E-state index is -0.889. The Hall–Kier alpha value is -4.17. The fourth-order valence-electron chi connectivity index (χ4n) is 7.48. The van der Waals surface area contributed by atoms with Crippen molar-refractivity contribution in [2.75, 3.05) is 0 Å². The summed E-state index contributed by atoms with van der Waals surface area (Å²) in [5.74, 6) is 0.474. The van der Waals surface area contributed by atoms with E-state index in [4.69, 9.17) is 4.74 Å². The van der Waals surface area contributed by atoms with E-state index in [0.29, 0.717) is 0 Å². The minimum absolute atomic E-state index is 0.0309. The van der Waals surface area contributed by atoms with Crippen molar-refractivity contribution in [3.63, 3.8) is 0 Å². The Morgan fingerprint density at radius 3 is 1.80 bits per heavy atom. The molecule has 0 fully saturated rings. The number of hydrogen-bond acceptors (Lipinski definition) is 1. The Kier molecular flexibility index (Phi) is 6.34. The predicted molar refractivity (Wildman–Crippen MR) is 187 cm³/mol. The van der Waals surface area contributed by atoms with Gasteiger partial charge in [-0.25, -0.2) is 4.39 Å². The molecule has 45 heavy (non-hydrogen) atoms. The van der Waals surface area contributed by atoms with Crippen LogP contribution < -0.4 is 4.74 Å². The van der Waals surface area contributed by atoms with Crippen LogP contribution in [0.3, 0.4) is 0 Å². The fraction of sp³-hybridized carbons (Fsp3) is 0.302. The molecule has 0 atom stereocenters. The summed E-state index contributed by atoms with van der Waals surface area (Å²) in [5, 5.41) is 1.83. The molecule has 5 aromatic rings. The van der Waals surface area contributed by atoms with Gasteiger partial charge in [0.1, 0.15) is 11.6 Å². The lowest BCUT2D eigenvalue weighted by atomic mass is 9.76. The molecule has 1 heterocycles. The summed E-state index contributed by atoms with van der Waals surface area (Å²) in [4.78, 5) is 0. The Morgan fingerprint density at radius 1 is 0.667 bits per heavy atom. The molecule has 7 rings (SSSR count). The molecule has 1 aliphatic carbocycles. The van der Waals surface area contributed by atoms with Gasteiger partial charge in [0.2, 0.25) is 0 Å². The van der Waals surface area contributed by atoms with Crippen LogP contribution in [0.5, 0.6) is 5.75 Å². The Labute approximate surface area is 267 Å². The van der Waals surface area contributed by atoms with Crippen LogP contribution >= 0.6 is 0 Å². The largest absolute Gasteiger partial charge is 0.472 e. The van der Waals surface area contributed by atoms with Crippen molar-refractivity contribution in [2.45, 2.75) is 84.2 Å². The molecule has 0 amide bonds. The number of halogens is 1. The third-order valence-corrected chi connectivity index (χ3v) is 10.1. The van der Waals surface area contributed by atoms with Gasteiger partial charge >= 0.3 is 0 Å². The van der Waals surface area contributed by atoms with Gasteiger partial charge in [0.15, 0.2) is 5.60 Å². The molecule has 1 aliphatic heterocycles. The molecule has 5 aromatic carbocycles. The molecular formula is C43H43FO. The van der Waals surface area contributed by atoms with Crippen LogP contribution in [0, 0.1) is 12.7 Å². The highest BCUT2D eigenvalue weighted by atomic mass is 19.1. The zero-order valence-electron chi connectivity index (χ0n) is 28.0. The highest BCUT2D eigenvalue weighted by Crippen LogP contribution is 2.58. The highest BCUT2D eigenvalue weighted by molar-refractivity contribution is 6.08. The van der Waals surface area contributed by atoms with Gasteiger partial charge in [-0.3, -0.25) is 0 Å². The molecule has 0 saturated carbocycles. The van der Waals surface area contributed by atoms with Gasteiger partial charge in [-0.1, -0.05) is 140 Å². The maximum absolute atomic E-state index is 15.1. The molecule has 0 unspecified atom stereocenters. The second-order valence-electron chi connectivity index (χ2n) is 15.7. The zero-order valence-corrected chi connectivity index (χ0v) is 28.0. The van der Waals surface area contributed by atoms with E-state index in [9.17, 15) is 0 Å². The van der Waals surface area contributed by atoms with E-state index < -0.39 is 5.60 Å². The van der Waals surface area contributed by atoms with Crippen molar-refractivity contribution in [2.24, 2.45) is 0 Å². The first kappa shape index (κ1) is 29.5. The molecule has 2 heteroatoms. The number of rotatable bonds is 2. The molecule has 0 spiro atoms. The molecule has 1 nitrogen and oxygen atoms in total. The van der Waals surface area contributed by atoms with Gasteiger partial charge in [-0.15, -0.1) is 0 Å². The van der Waals surface area contributed by atoms with Crippen molar-refractivity contribution in [3.8, 4) is 16.9 Å². The van der Waals surface area contributed by atoms with E-state index in [-0.39, 0.29) is 22.1 Å². The van der Waals surface area contributed by atoms with E-state index in [2.05, 4.69) is 141 Å². The normalized spacial score (nSPS) is 16.2. The molecule has 0 bridgehead atoms. The molecule has 228 valence electrons. The topological polar surface area (TPSA) is 9.23 Å². The average molecular weight is 595 g/mol. The van der Waals surface area contributed by atoms with Crippen LogP contribution in [-0.2, 0) is 21.8 Å². The molecule has 0 radical (unpaired) electrons. The SMILES string of the molecule is Cc1ccc2c(c1)C(C)(C)c1c3c(c4cc(F)ccc4c1-2)OC(c1ccc(C(C)(C)C)cc1)(c1ccc(C(C)(C)C)cc1)C=C3. The first-order valence-corrected chi connectivity index (χ1v) is 16.1. The molecule has 0 N–H and O–H groups in total. The van der Waals surface area contributed by atoms with E-state index >= 15 is 4.39 Å². The quantitative estimate of drug-likeness (QED) is 0.198. The maximum atomic E-state index is 15.1. The van der Waals surface area contributed by atoms with Gasteiger partial charge in [0, 0.05) is 27.5 Å². The lowest BCUT2D eigenvalue weighted by Crippen LogP contribution is -2.35. The van der Waals surface area contributed by atoms with Crippen molar-refractivity contribution in [3.05, 3.63) is 141 Å². The molecular weight excluding hydrogens is 551 g/mol. The molecule has 2 aliphatic rings. The van der Waals surface area contributed by atoms with E-state index in [0.717, 1.165) is 33.2 Å². The highest BCUT2D eigenvalue weighted by Gasteiger charge is 2.44. The number of fused-ring (bicyclic) bond motifs is 8. The lowest BCUT2D eigenvalue weighted by Gasteiger charge is -2.39. The second kappa shape index (κ2) is 9.66. The summed E-state index contributed by atoms with van der Waals surface area (Å²) in [6.45, 7) is 20.2. The van der Waals surface area contributed by atoms with Crippen LogP contribution in [0.25, 0.3) is 28.0 Å². The molecule has 0 saturated heterocycles. The summed E-state index contributed by atoms with van der Waals surface area (Å²) in [6.07, 6.45) is 4.47. The number of hydrogen-bond donors (Lipinski definition) is 0. The van der Waals surface area contributed by atoms with Crippen LogP contribution in [0.15, 0.2) is 91.0 Å². The van der Waals surface area contributed by atoms with E-state index in [1.54, 1.807) is 12.1 Å². The van der Waals surface area contributed by atoms with Crippen LogP contribution in [-0.4, -0.2) is 0 Å². The Bertz CT molecular complexity index is 1950. The lowest BCUT2D eigenvalue weighted by molar-refractivity contribution is 0.163. The van der Waals surface area contributed by atoms with Gasteiger partial charge in [-0.05, 0) is 74.7 Å². The van der Waals surface area contributed by atoms with Crippen molar-refractivity contribution in [1.29, 1.82) is 0 Å². The van der Waals surface area contributed by atoms with Crippen molar-refractivity contribution >= 4 is 16.8 Å². The maximum Gasteiger partial charge on any atom is 0.178 e. The Balaban J connectivity index is 1.52. The van der Waals surface area contributed by atoms with Gasteiger partial charge < -0.3 is 4.74 Å². The number of aryl methyl sites for hydroxylation is 1. The molecule has 0 aromatic heterocycles. The van der Waals surface area contributed by atoms with Crippen molar-refractivity contribution in [1.82, 2.24) is 0 Å². The monoisotopic (exact) mass is 594 g/mol. The summed E-state index contributed by atoms with van der Waals surface area (Å²) in [6, 6.07) is 29.6. The number of benzene rings is 5. The second-order valence-corrected chi connectivity index (χ2v) is 15.7. The first-order valence-electron chi connectivity index (χ1n) is 16.1. The zero-order chi connectivity index (χ0) is 32.1. The van der Waals surface area contributed by atoms with Crippen LogP contribution in [0.1, 0.15) is 99.9 Å². The van der Waals surface area contributed by atoms with Crippen molar-refractivity contribution < 1.29 is 9.13 Å². The fourth-order valence-corrected chi connectivity index (χ4v) is 7.48. The van der Waals surface area contributed by atoms with Gasteiger partial charge in [-0.2, -0.15) is 0 Å². The first-order chi connectivity index (χ1) is 21.1. The Morgan fingerprint density at radius 2 is 1.24 bits per heavy atom. The summed E-state index contributed by atoms with van der Waals surface area (Å²) in [5.41, 5.74) is 10.8. The third kappa shape index (κ3) is 4.48. The summed E-state index contributed by atoms with van der Waals surface area (Å²) < 4.78 is 22.5. The smallest absolute Gasteiger partial charge is 0.178 e. The standard InChI is InChI=1S/C43H43FO/c1-26-10-20-33-36(24-26)42(8,9)38-34-22-23-43(29-15-11-27(12-16-29)40(2,3)4,30-17-13-28(14-18-30)41(5,6)7)45-39(34)35-25-31(44)19-21-32(35)37(33)38/h10-25H,1-9H3. The minimum Gasteiger partial charge on any atom is -0.472 e. The summed E-state index contributed by atoms with van der Waals surface area (Å²) >= 11 is 0. The van der Waals surface area contributed by atoms with Crippen LogP contribution in [0.2, 0.25) is 0 Å². The van der Waals surface area contributed by atoms with E-state index in [1.165, 1.54) is 38.9 Å². The van der Waals surface area contributed by atoms with E-state index in [1.807, 2.05) is 6.07 Å². The summed E-state index contributed by atoms with van der Waals surface area (Å²) in [7, 11) is 0. The van der Waals surface area contributed by atoms with Gasteiger partial charge in [0.25, 0.3) is 0 Å². The predicted octanol–water partition coefficient (Wildman–Crippen LogP) is 11.5. The van der Waals surface area contributed by atoms with Gasteiger partial charge in [0.05, 0.1) is 0 Å². The average Bonchev–Trinajstić information content (AvgIpc) is 3.22. The van der Waals surface area contributed by atoms with Crippen LogP contribution in [0.4, 0.5) is 4.39 Å².